The lowest BCUT2D eigenvalue weighted by Crippen LogP contribution is -2.45. The molecule has 64 heavy (non-hydrogen) atoms. The van der Waals surface area contributed by atoms with E-state index in [1.807, 2.05) is 27.2 Å². The standard InChI is InChI=1S/C55H95N2O6P/c1-6-8-10-12-14-16-18-20-22-24-25-26-27-28-29-30-31-33-35-37-39-41-43-45-47-49-55(59)56-53(52-63-64(60,61)62-51-50-57(3,4)5)54(58)48-46-44-42-40-38-36-34-32-23-21-19-17-15-13-11-9-7-2/h8,10,14,16,20,22,25-26,28-29,31,33,37-40,46,48,53-54,58H,6-7,9,11-13,15,17-19,21,23-24,27,30,32,34-36,41-45,47,49-52H2,1-5H3,(H-,56,59,60,61)/p+1/b10-8-,16-14-,22-20-,26-25-,29-28-,33-31-,39-37-,40-38+,48-46+. The number of aliphatic hydroxyl groups excluding tert-OH is 1. The zero-order chi connectivity index (χ0) is 47.1. The van der Waals surface area contributed by atoms with Crippen LogP contribution in [0.4, 0.5) is 0 Å². The normalized spacial score (nSPS) is 15.0. The van der Waals surface area contributed by atoms with Crippen molar-refractivity contribution < 1.29 is 32.9 Å². The van der Waals surface area contributed by atoms with Crippen LogP contribution in [-0.4, -0.2) is 73.4 Å². The van der Waals surface area contributed by atoms with E-state index < -0.39 is 20.0 Å². The number of carbonyl (C=O) groups is 1. The van der Waals surface area contributed by atoms with E-state index in [0.717, 1.165) is 83.5 Å². The van der Waals surface area contributed by atoms with Crippen molar-refractivity contribution in [1.29, 1.82) is 0 Å². The van der Waals surface area contributed by atoms with Gasteiger partial charge in [0.05, 0.1) is 39.9 Å². The van der Waals surface area contributed by atoms with Crippen molar-refractivity contribution in [3.63, 3.8) is 0 Å². The first-order valence-electron chi connectivity index (χ1n) is 25.3. The number of phosphoric acid groups is 1. The molecule has 0 aliphatic carbocycles. The van der Waals surface area contributed by atoms with Gasteiger partial charge in [-0.05, 0) is 89.9 Å². The van der Waals surface area contributed by atoms with E-state index in [1.54, 1.807) is 6.08 Å². The van der Waals surface area contributed by atoms with Crippen molar-refractivity contribution in [1.82, 2.24) is 5.32 Å². The minimum Gasteiger partial charge on any atom is -0.387 e. The van der Waals surface area contributed by atoms with Crippen molar-refractivity contribution in [2.24, 2.45) is 0 Å². The zero-order valence-electron chi connectivity index (χ0n) is 41.5. The van der Waals surface area contributed by atoms with Crippen molar-refractivity contribution in [3.05, 3.63) is 109 Å². The molecule has 0 rings (SSSR count). The second-order valence-electron chi connectivity index (χ2n) is 17.8. The first-order valence-corrected chi connectivity index (χ1v) is 26.8. The molecule has 366 valence electrons. The minimum absolute atomic E-state index is 0.0429. The van der Waals surface area contributed by atoms with Gasteiger partial charge in [0.2, 0.25) is 5.91 Å². The third-order valence-corrected chi connectivity index (χ3v) is 11.5. The first-order chi connectivity index (χ1) is 31.0. The molecule has 0 heterocycles. The molecule has 0 fully saturated rings. The lowest BCUT2D eigenvalue weighted by Gasteiger charge is -2.25. The number of likely N-dealkylation sites (N-methyl/N-ethyl adjacent to an activating group) is 1. The average molecular weight is 912 g/mol. The minimum atomic E-state index is -4.37. The van der Waals surface area contributed by atoms with E-state index in [4.69, 9.17) is 9.05 Å². The predicted molar refractivity (Wildman–Crippen MR) is 276 cm³/mol. The van der Waals surface area contributed by atoms with Crippen molar-refractivity contribution >= 4 is 13.7 Å². The van der Waals surface area contributed by atoms with Gasteiger partial charge >= 0.3 is 7.82 Å². The second kappa shape index (κ2) is 45.3. The second-order valence-corrected chi connectivity index (χ2v) is 19.3. The van der Waals surface area contributed by atoms with Crippen LogP contribution in [0.1, 0.15) is 181 Å². The molecule has 9 heteroatoms. The molecule has 0 radical (unpaired) electrons. The Kier molecular flexibility index (Phi) is 43.3. The highest BCUT2D eigenvalue weighted by Gasteiger charge is 2.27. The summed E-state index contributed by atoms with van der Waals surface area (Å²) >= 11 is 0. The number of hydrogen-bond acceptors (Lipinski definition) is 5. The Morgan fingerprint density at radius 1 is 0.547 bits per heavy atom. The first kappa shape index (κ1) is 61.2. The fourth-order valence-electron chi connectivity index (χ4n) is 6.51. The monoisotopic (exact) mass is 912 g/mol. The van der Waals surface area contributed by atoms with Gasteiger partial charge in [-0.3, -0.25) is 13.8 Å². The summed E-state index contributed by atoms with van der Waals surface area (Å²) in [6.45, 7) is 4.63. The number of hydrogen-bond donors (Lipinski definition) is 3. The summed E-state index contributed by atoms with van der Waals surface area (Å²) in [7, 11) is 1.51. The highest BCUT2D eigenvalue weighted by Crippen LogP contribution is 2.43. The fraction of sp³-hybridized carbons (Fsp3) is 0.655. The summed E-state index contributed by atoms with van der Waals surface area (Å²) in [5.41, 5.74) is 0. The van der Waals surface area contributed by atoms with Crippen LogP contribution in [0, 0.1) is 0 Å². The third kappa shape index (κ3) is 47.1. The van der Waals surface area contributed by atoms with Crippen LogP contribution in [0.5, 0.6) is 0 Å². The molecular formula is C55H96N2O6P+. The van der Waals surface area contributed by atoms with Crippen LogP contribution in [0.25, 0.3) is 0 Å². The number of carbonyl (C=O) groups excluding carboxylic acids is 1. The molecule has 0 aromatic heterocycles. The number of phosphoric ester groups is 1. The molecule has 0 spiro atoms. The Bertz CT molecular complexity index is 1400. The number of rotatable bonds is 44. The van der Waals surface area contributed by atoms with Gasteiger partial charge in [0.25, 0.3) is 0 Å². The highest BCUT2D eigenvalue weighted by molar-refractivity contribution is 7.47. The maximum atomic E-state index is 12.9. The number of unbranched alkanes of at least 4 members (excludes halogenated alkanes) is 15. The van der Waals surface area contributed by atoms with Gasteiger partial charge in [0, 0.05) is 6.42 Å². The van der Waals surface area contributed by atoms with E-state index >= 15 is 0 Å². The van der Waals surface area contributed by atoms with Crippen LogP contribution < -0.4 is 5.32 Å². The molecular weight excluding hydrogens is 816 g/mol. The Balaban J connectivity index is 4.47. The molecule has 3 atom stereocenters. The van der Waals surface area contributed by atoms with Crippen molar-refractivity contribution in [2.45, 2.75) is 193 Å². The van der Waals surface area contributed by atoms with Gasteiger partial charge in [-0.15, -0.1) is 0 Å². The Hall–Kier alpha value is -2.84. The number of allylic oxidation sites excluding steroid dienone is 17. The van der Waals surface area contributed by atoms with E-state index in [2.05, 4.69) is 116 Å². The SMILES string of the molecule is CC/C=C\C/C=C\C/C=C\C/C=C\C/C=C\C/C=C\C/C=C\CCCCCC(=O)NC(COP(=O)(O)OCC[N+](C)(C)C)C(O)/C=C/CC/C=C/CCCCCCCCCCCCC. The van der Waals surface area contributed by atoms with Crippen LogP contribution in [0.2, 0.25) is 0 Å². The lowest BCUT2D eigenvalue weighted by atomic mass is 10.1. The quantitative estimate of drug-likeness (QED) is 0.0243. The maximum Gasteiger partial charge on any atom is 0.472 e. The van der Waals surface area contributed by atoms with Crippen LogP contribution in [-0.2, 0) is 18.4 Å². The van der Waals surface area contributed by atoms with Crippen molar-refractivity contribution in [3.8, 4) is 0 Å². The number of amides is 1. The summed E-state index contributed by atoms with van der Waals surface area (Å²) in [4.78, 5) is 23.2. The largest absolute Gasteiger partial charge is 0.472 e. The third-order valence-electron chi connectivity index (χ3n) is 10.5. The molecule has 3 N–H and O–H groups in total. The molecule has 3 unspecified atom stereocenters. The molecule has 0 bridgehead atoms. The Labute approximate surface area is 393 Å². The predicted octanol–water partition coefficient (Wildman–Crippen LogP) is 14.9. The summed E-state index contributed by atoms with van der Waals surface area (Å²) in [6.07, 6.45) is 66.0. The lowest BCUT2D eigenvalue weighted by molar-refractivity contribution is -0.870. The van der Waals surface area contributed by atoms with Gasteiger partial charge in [-0.1, -0.05) is 194 Å². The number of quaternary nitrogens is 1. The number of aliphatic hydroxyl groups is 1. The molecule has 0 saturated heterocycles. The van der Waals surface area contributed by atoms with Crippen LogP contribution in [0.3, 0.4) is 0 Å². The molecule has 0 aromatic carbocycles. The van der Waals surface area contributed by atoms with Gasteiger partial charge < -0.3 is 19.8 Å². The number of nitrogens with zero attached hydrogens (tertiary/aromatic N) is 1. The van der Waals surface area contributed by atoms with Crippen molar-refractivity contribution in [2.75, 3.05) is 40.9 Å². The molecule has 0 aliphatic heterocycles. The summed E-state index contributed by atoms with van der Waals surface area (Å²) in [5.74, 6) is -0.224. The number of nitrogens with one attached hydrogen (secondary N) is 1. The Morgan fingerprint density at radius 2 is 0.953 bits per heavy atom. The van der Waals surface area contributed by atoms with Crippen LogP contribution >= 0.6 is 7.82 Å². The fourth-order valence-corrected chi connectivity index (χ4v) is 7.24. The van der Waals surface area contributed by atoms with E-state index in [1.165, 1.54) is 70.6 Å². The smallest absolute Gasteiger partial charge is 0.387 e. The van der Waals surface area contributed by atoms with Gasteiger partial charge in [-0.25, -0.2) is 4.57 Å². The van der Waals surface area contributed by atoms with Crippen LogP contribution in [0.15, 0.2) is 109 Å². The molecule has 0 aliphatic rings. The average Bonchev–Trinajstić information content (AvgIpc) is 3.25. The topological polar surface area (TPSA) is 105 Å². The zero-order valence-corrected chi connectivity index (χ0v) is 42.4. The van der Waals surface area contributed by atoms with Gasteiger partial charge in [0.15, 0.2) is 0 Å². The molecule has 8 nitrogen and oxygen atoms in total. The molecule has 0 saturated carbocycles. The van der Waals surface area contributed by atoms with E-state index in [0.29, 0.717) is 23.9 Å². The maximum absolute atomic E-state index is 12.9. The van der Waals surface area contributed by atoms with E-state index in [9.17, 15) is 19.4 Å². The highest BCUT2D eigenvalue weighted by atomic mass is 31.2. The van der Waals surface area contributed by atoms with E-state index in [-0.39, 0.29) is 19.1 Å². The Morgan fingerprint density at radius 3 is 1.44 bits per heavy atom. The summed E-state index contributed by atoms with van der Waals surface area (Å²) < 4.78 is 23.6. The molecule has 1 amide bonds. The van der Waals surface area contributed by atoms with Gasteiger partial charge in [0.1, 0.15) is 13.2 Å². The van der Waals surface area contributed by atoms with Gasteiger partial charge in [-0.2, -0.15) is 0 Å². The summed E-state index contributed by atoms with van der Waals surface area (Å²) in [6, 6.07) is -0.889. The summed E-state index contributed by atoms with van der Waals surface area (Å²) in [5, 5.41) is 13.8. The molecule has 0 aromatic rings.